The topological polar surface area (TPSA) is 108 Å². The monoisotopic (exact) mass is 373 g/mol. The van der Waals surface area contributed by atoms with Crippen LogP contribution in [0.3, 0.4) is 0 Å². The Morgan fingerprint density at radius 3 is 1.48 bits per heavy atom. The van der Waals surface area contributed by atoms with Gasteiger partial charge in [-0.1, -0.05) is 47.0 Å². The van der Waals surface area contributed by atoms with Crippen LogP contribution >= 0.6 is 47.0 Å². The van der Waals surface area contributed by atoms with Crippen molar-refractivity contribution in [3.63, 3.8) is 0 Å². The highest BCUT2D eigenvalue weighted by Crippen LogP contribution is 2.59. The van der Waals surface area contributed by atoms with Gasteiger partial charge in [0.15, 0.2) is 5.82 Å². The van der Waals surface area contributed by atoms with Gasteiger partial charge >= 0.3 is 0 Å². The number of pyridine rings is 1. The molecule has 5 nitrogen and oxygen atoms in total. The normalized spacial score (nSPS) is 14.1. The molecule has 2 aliphatic rings. The summed E-state index contributed by atoms with van der Waals surface area (Å²) in [5.74, 6) is -0.504. The van der Waals surface area contributed by atoms with Crippen molar-refractivity contribution in [3.05, 3.63) is 25.4 Å². The smallest absolute Gasteiger partial charge is 0.156 e. The van der Waals surface area contributed by atoms with Gasteiger partial charge in [-0.05, 0) is 0 Å². The molecule has 3 rings (SSSR count). The quantitative estimate of drug-likeness (QED) is 0.620. The molecule has 0 fully saturated rings. The average molecular weight is 373 g/mol. The van der Waals surface area contributed by atoms with Gasteiger partial charge in [0.05, 0.1) is 18.3 Å². The number of fused-ring (bicyclic) bond motifs is 2. The number of nitrogens with zero attached hydrogens (tertiary/aromatic N) is 5. The van der Waals surface area contributed by atoms with Crippen molar-refractivity contribution in [2.45, 2.75) is 19.8 Å². The molecular formula is C13FN5S4. The third-order valence-electron chi connectivity index (χ3n) is 2.61. The SMILES string of the molecule is N#CC(C#N)=C1Sc2nc3c(c(F)c2S1)SC(=C(C#N)C#N)S3. The number of halogens is 1. The summed E-state index contributed by atoms with van der Waals surface area (Å²) >= 11 is 4.14. The number of nitriles is 4. The van der Waals surface area contributed by atoms with Crippen LogP contribution in [0.1, 0.15) is 0 Å². The first-order valence-corrected chi connectivity index (χ1v) is 8.93. The van der Waals surface area contributed by atoms with E-state index in [1.165, 1.54) is 0 Å². The molecule has 0 spiro atoms. The molecule has 2 aliphatic heterocycles. The van der Waals surface area contributed by atoms with Crippen LogP contribution < -0.4 is 0 Å². The molecule has 0 aromatic carbocycles. The minimum atomic E-state index is -0.504. The second-order valence-electron chi connectivity index (χ2n) is 3.87. The van der Waals surface area contributed by atoms with Crippen molar-refractivity contribution in [2.75, 3.05) is 0 Å². The van der Waals surface area contributed by atoms with Crippen LogP contribution in [-0.2, 0) is 0 Å². The lowest BCUT2D eigenvalue weighted by molar-refractivity contribution is 0.545. The zero-order valence-corrected chi connectivity index (χ0v) is 14.0. The van der Waals surface area contributed by atoms with Crippen LogP contribution in [0.25, 0.3) is 0 Å². The van der Waals surface area contributed by atoms with E-state index in [0.29, 0.717) is 18.5 Å². The van der Waals surface area contributed by atoms with E-state index in [9.17, 15) is 4.39 Å². The van der Waals surface area contributed by atoms with E-state index in [4.69, 9.17) is 21.0 Å². The lowest BCUT2D eigenvalue weighted by atomic mass is 10.4. The van der Waals surface area contributed by atoms with Gasteiger partial charge in [0.1, 0.15) is 45.5 Å². The van der Waals surface area contributed by atoms with Crippen molar-refractivity contribution in [2.24, 2.45) is 0 Å². The number of hydrogen-bond acceptors (Lipinski definition) is 9. The largest absolute Gasteiger partial charge is 0.232 e. The Balaban J connectivity index is 2.07. The van der Waals surface area contributed by atoms with Crippen molar-refractivity contribution < 1.29 is 4.39 Å². The van der Waals surface area contributed by atoms with Gasteiger partial charge in [0, 0.05) is 0 Å². The number of hydrogen-bond donors (Lipinski definition) is 0. The van der Waals surface area contributed by atoms with Gasteiger partial charge < -0.3 is 0 Å². The molecule has 0 bridgehead atoms. The van der Waals surface area contributed by atoms with Crippen molar-refractivity contribution >= 4 is 47.0 Å². The molecule has 3 heterocycles. The van der Waals surface area contributed by atoms with E-state index in [0.717, 1.165) is 47.0 Å². The molecule has 10 heteroatoms. The Bertz CT molecular complexity index is 876. The van der Waals surface area contributed by atoms with Crippen LogP contribution in [0.4, 0.5) is 4.39 Å². The Labute approximate surface area is 146 Å². The number of rotatable bonds is 0. The molecule has 1 aromatic heterocycles. The van der Waals surface area contributed by atoms with Gasteiger partial charge in [-0.15, -0.1) is 0 Å². The maximum Gasteiger partial charge on any atom is 0.156 e. The molecule has 0 radical (unpaired) electrons. The Kier molecular flexibility index (Phi) is 4.26. The van der Waals surface area contributed by atoms with Crippen LogP contribution in [0, 0.1) is 51.1 Å². The molecule has 23 heavy (non-hydrogen) atoms. The number of aromatic nitrogens is 1. The third-order valence-corrected chi connectivity index (χ3v) is 7.56. The maximum absolute atomic E-state index is 14.7. The fraction of sp³-hybridized carbons (Fsp3) is 0. The third kappa shape index (κ3) is 2.57. The van der Waals surface area contributed by atoms with Crippen molar-refractivity contribution in [3.8, 4) is 24.3 Å². The summed E-state index contributed by atoms with van der Waals surface area (Å²) in [6.07, 6.45) is 0. The van der Waals surface area contributed by atoms with Crippen LogP contribution in [0.5, 0.6) is 0 Å². The number of allylic oxidation sites excluding steroid dienone is 2. The maximum atomic E-state index is 14.7. The van der Waals surface area contributed by atoms with E-state index >= 15 is 0 Å². The molecule has 0 unspecified atom stereocenters. The van der Waals surface area contributed by atoms with E-state index < -0.39 is 5.82 Å². The first-order chi connectivity index (χ1) is 11.1. The standard InChI is InChI=1S/C13FN5S4/c14-7-8-10(22-12(20-8)5(1-15)2-16)19-11-9(7)21-13(23-11)6(3-17)4-18. The summed E-state index contributed by atoms with van der Waals surface area (Å²) in [4.78, 5) is 4.86. The summed E-state index contributed by atoms with van der Waals surface area (Å²) in [5.41, 5.74) is -0.149. The fourth-order valence-electron chi connectivity index (χ4n) is 1.64. The highest BCUT2D eigenvalue weighted by atomic mass is 32.2. The zero-order valence-electron chi connectivity index (χ0n) is 10.7. The van der Waals surface area contributed by atoms with Gasteiger partial charge in [-0.25, -0.2) is 9.37 Å². The average Bonchev–Trinajstić information content (AvgIpc) is 3.15. The molecular weight excluding hydrogens is 373 g/mol. The summed E-state index contributed by atoms with van der Waals surface area (Å²) in [5, 5.41) is 36.4. The minimum Gasteiger partial charge on any atom is -0.232 e. The van der Waals surface area contributed by atoms with E-state index in [2.05, 4.69) is 4.98 Å². The predicted molar refractivity (Wildman–Crippen MR) is 84.1 cm³/mol. The van der Waals surface area contributed by atoms with E-state index in [1.807, 2.05) is 0 Å². The molecule has 0 aliphatic carbocycles. The van der Waals surface area contributed by atoms with Crippen LogP contribution in [0.2, 0.25) is 0 Å². The summed E-state index contributed by atoms with van der Waals surface area (Å²) in [6, 6.07) is 7.12. The van der Waals surface area contributed by atoms with Crippen LogP contribution in [0.15, 0.2) is 39.5 Å². The first kappa shape index (κ1) is 15.8. The van der Waals surface area contributed by atoms with Crippen LogP contribution in [-0.4, -0.2) is 4.98 Å². The molecule has 108 valence electrons. The summed E-state index contributed by atoms with van der Waals surface area (Å²) < 4.78 is 15.5. The van der Waals surface area contributed by atoms with Gasteiger partial charge in [-0.3, -0.25) is 0 Å². The summed E-state index contributed by atoms with van der Waals surface area (Å²) in [7, 11) is 0. The van der Waals surface area contributed by atoms with Crippen molar-refractivity contribution in [1.29, 1.82) is 21.0 Å². The van der Waals surface area contributed by atoms with Gasteiger partial charge in [0.25, 0.3) is 0 Å². The second-order valence-corrected chi connectivity index (χ2v) is 8.43. The van der Waals surface area contributed by atoms with E-state index in [-0.39, 0.29) is 20.9 Å². The Morgan fingerprint density at radius 2 is 1.13 bits per heavy atom. The highest BCUT2D eigenvalue weighted by molar-refractivity contribution is 8.25. The number of thioether (sulfide) groups is 4. The zero-order chi connectivity index (χ0) is 16.6. The lowest BCUT2D eigenvalue weighted by Crippen LogP contribution is -1.90. The Morgan fingerprint density at radius 1 is 0.739 bits per heavy atom. The first-order valence-electron chi connectivity index (χ1n) is 5.66. The molecule has 0 atom stereocenters. The minimum absolute atomic E-state index is 0.0744. The summed E-state index contributed by atoms with van der Waals surface area (Å²) in [6.45, 7) is 0. The lowest BCUT2D eigenvalue weighted by Gasteiger charge is -2.02. The second kappa shape index (κ2) is 6.20. The predicted octanol–water partition coefficient (Wildman–Crippen LogP) is 4.13. The van der Waals surface area contributed by atoms with E-state index in [1.54, 1.807) is 24.3 Å². The Hall–Kier alpha value is -2.08. The van der Waals surface area contributed by atoms with Gasteiger partial charge in [0.2, 0.25) is 0 Å². The molecule has 1 aromatic rings. The molecule has 0 amide bonds. The van der Waals surface area contributed by atoms with Crippen molar-refractivity contribution in [1.82, 2.24) is 4.98 Å². The highest BCUT2D eigenvalue weighted by Gasteiger charge is 2.34. The molecule has 0 saturated carbocycles. The van der Waals surface area contributed by atoms with Gasteiger partial charge in [-0.2, -0.15) is 21.0 Å². The fourth-order valence-corrected chi connectivity index (χ4v) is 6.35. The molecule has 0 saturated heterocycles. The molecule has 0 N–H and O–H groups in total.